The summed E-state index contributed by atoms with van der Waals surface area (Å²) in [5.41, 5.74) is 2.01. The van der Waals surface area contributed by atoms with Crippen LogP contribution in [0.25, 0.3) is 11.0 Å². The molecule has 2 aromatic carbocycles. The van der Waals surface area contributed by atoms with Crippen molar-refractivity contribution in [2.75, 3.05) is 19.6 Å². The second-order valence-corrected chi connectivity index (χ2v) is 8.79. The van der Waals surface area contributed by atoms with Gasteiger partial charge in [0, 0.05) is 49.1 Å². The molecule has 5 nitrogen and oxygen atoms in total. The number of rotatable bonds is 5. The van der Waals surface area contributed by atoms with Crippen LogP contribution in [0.2, 0.25) is 5.02 Å². The van der Waals surface area contributed by atoms with Crippen molar-refractivity contribution in [2.24, 2.45) is 5.92 Å². The number of carbonyl (C=O) groups is 1. The standard InChI is InChI=1S/C25H27ClN2O3/c1-16(2)23(28-13-12-27-11-10-22(28)29)25-20(14-17-6-4-3-5-7-17)24(30)19-9-8-18(26)15-21(19)31-25/h3-9,15-16,23,27H,10-14H2,1-2H3. The van der Waals surface area contributed by atoms with E-state index >= 15 is 0 Å². The fourth-order valence-corrected chi connectivity index (χ4v) is 4.48. The third kappa shape index (κ3) is 4.53. The summed E-state index contributed by atoms with van der Waals surface area (Å²) in [6, 6.07) is 14.6. The van der Waals surface area contributed by atoms with Gasteiger partial charge in [-0.2, -0.15) is 0 Å². The summed E-state index contributed by atoms with van der Waals surface area (Å²) in [4.78, 5) is 28.4. The van der Waals surface area contributed by atoms with E-state index < -0.39 is 0 Å². The lowest BCUT2D eigenvalue weighted by atomic mass is 9.92. The highest BCUT2D eigenvalue weighted by Gasteiger charge is 2.33. The largest absolute Gasteiger partial charge is 0.458 e. The zero-order valence-corrected chi connectivity index (χ0v) is 18.6. The second kappa shape index (κ2) is 9.25. The molecular formula is C25H27ClN2O3. The molecule has 1 atom stereocenters. The molecule has 6 heteroatoms. The molecule has 1 aromatic heterocycles. The Morgan fingerprint density at radius 3 is 2.61 bits per heavy atom. The smallest absolute Gasteiger partial charge is 0.224 e. The van der Waals surface area contributed by atoms with Crippen LogP contribution in [0.5, 0.6) is 0 Å². The maximum atomic E-state index is 13.6. The molecule has 1 N–H and O–H groups in total. The lowest BCUT2D eigenvalue weighted by Crippen LogP contribution is -2.39. The minimum Gasteiger partial charge on any atom is -0.458 e. The van der Waals surface area contributed by atoms with Crippen molar-refractivity contribution in [3.8, 4) is 0 Å². The molecule has 1 aliphatic heterocycles. The molecule has 1 fully saturated rings. The van der Waals surface area contributed by atoms with Gasteiger partial charge in [-0.3, -0.25) is 9.59 Å². The van der Waals surface area contributed by atoms with E-state index in [4.69, 9.17) is 16.0 Å². The number of hydrogen-bond acceptors (Lipinski definition) is 4. The SMILES string of the molecule is CC(C)C(c1oc2cc(Cl)ccc2c(=O)c1Cc1ccccc1)N1CCNCCC1=O. The fraction of sp³-hybridized carbons (Fsp3) is 0.360. The molecule has 4 rings (SSSR count). The number of amides is 1. The molecule has 0 spiro atoms. The van der Waals surface area contributed by atoms with Gasteiger partial charge < -0.3 is 14.6 Å². The maximum absolute atomic E-state index is 13.6. The topological polar surface area (TPSA) is 62.6 Å². The molecule has 0 bridgehead atoms. The van der Waals surface area contributed by atoms with Crippen LogP contribution in [0.3, 0.4) is 0 Å². The Morgan fingerprint density at radius 2 is 1.87 bits per heavy atom. The van der Waals surface area contributed by atoms with Gasteiger partial charge in [0.1, 0.15) is 11.3 Å². The minimum absolute atomic E-state index is 0.0661. The zero-order valence-electron chi connectivity index (χ0n) is 17.9. The molecular weight excluding hydrogens is 412 g/mol. The van der Waals surface area contributed by atoms with Crippen LogP contribution in [0.15, 0.2) is 57.7 Å². The minimum atomic E-state index is -0.331. The summed E-state index contributed by atoms with van der Waals surface area (Å²) in [7, 11) is 0. The second-order valence-electron chi connectivity index (χ2n) is 8.35. The molecule has 0 radical (unpaired) electrons. The molecule has 2 heterocycles. The van der Waals surface area contributed by atoms with Gasteiger partial charge in [0.15, 0.2) is 5.43 Å². The van der Waals surface area contributed by atoms with Gasteiger partial charge in [0.05, 0.1) is 11.4 Å². The quantitative estimate of drug-likeness (QED) is 0.634. The molecule has 1 unspecified atom stereocenters. The highest BCUT2D eigenvalue weighted by Crippen LogP contribution is 2.34. The van der Waals surface area contributed by atoms with Crippen molar-refractivity contribution in [3.63, 3.8) is 0 Å². The van der Waals surface area contributed by atoms with Crippen LogP contribution in [0.1, 0.15) is 43.2 Å². The molecule has 31 heavy (non-hydrogen) atoms. The Labute approximate surface area is 187 Å². The Bertz CT molecular complexity index is 1140. The van der Waals surface area contributed by atoms with E-state index in [0.717, 1.165) is 5.56 Å². The molecule has 162 valence electrons. The van der Waals surface area contributed by atoms with E-state index in [1.807, 2.05) is 35.2 Å². The molecule has 0 aliphatic carbocycles. The van der Waals surface area contributed by atoms with Crippen LogP contribution >= 0.6 is 11.6 Å². The summed E-state index contributed by atoms with van der Waals surface area (Å²) in [6.45, 7) is 6.07. The average molecular weight is 439 g/mol. The highest BCUT2D eigenvalue weighted by atomic mass is 35.5. The van der Waals surface area contributed by atoms with Crippen molar-refractivity contribution >= 4 is 28.5 Å². The first-order chi connectivity index (χ1) is 15.0. The molecule has 3 aromatic rings. The van der Waals surface area contributed by atoms with Gasteiger partial charge in [-0.05, 0) is 23.6 Å². The molecule has 1 aliphatic rings. The van der Waals surface area contributed by atoms with E-state index in [9.17, 15) is 9.59 Å². The molecule has 0 saturated carbocycles. The zero-order chi connectivity index (χ0) is 22.0. The van der Waals surface area contributed by atoms with Gasteiger partial charge in [-0.1, -0.05) is 55.8 Å². The van der Waals surface area contributed by atoms with E-state index in [2.05, 4.69) is 19.2 Å². The monoisotopic (exact) mass is 438 g/mol. The van der Waals surface area contributed by atoms with E-state index in [-0.39, 0.29) is 23.3 Å². The predicted octanol–water partition coefficient (Wildman–Crippen LogP) is 4.56. The fourth-order valence-electron chi connectivity index (χ4n) is 4.32. The lowest BCUT2D eigenvalue weighted by Gasteiger charge is -2.34. The van der Waals surface area contributed by atoms with Crippen molar-refractivity contribution in [1.29, 1.82) is 0 Å². The predicted molar refractivity (Wildman–Crippen MR) is 124 cm³/mol. The van der Waals surface area contributed by atoms with E-state index in [1.54, 1.807) is 18.2 Å². The number of nitrogens with one attached hydrogen (secondary N) is 1. The summed E-state index contributed by atoms with van der Waals surface area (Å²) in [6.07, 6.45) is 0.876. The summed E-state index contributed by atoms with van der Waals surface area (Å²) in [5.74, 6) is 0.702. The number of carbonyl (C=O) groups excluding carboxylic acids is 1. The number of halogens is 1. The Morgan fingerprint density at radius 1 is 1.10 bits per heavy atom. The maximum Gasteiger partial charge on any atom is 0.224 e. The molecule has 1 saturated heterocycles. The summed E-state index contributed by atoms with van der Waals surface area (Å²) in [5, 5.41) is 4.30. The van der Waals surface area contributed by atoms with Gasteiger partial charge in [0.2, 0.25) is 5.91 Å². The third-order valence-corrected chi connectivity index (χ3v) is 6.04. The lowest BCUT2D eigenvalue weighted by molar-refractivity contribution is -0.134. The van der Waals surface area contributed by atoms with Gasteiger partial charge in [-0.25, -0.2) is 0 Å². The number of fused-ring (bicyclic) bond motifs is 1. The third-order valence-electron chi connectivity index (χ3n) is 5.80. The van der Waals surface area contributed by atoms with Gasteiger partial charge in [0.25, 0.3) is 0 Å². The van der Waals surface area contributed by atoms with Crippen molar-refractivity contribution < 1.29 is 9.21 Å². The van der Waals surface area contributed by atoms with E-state index in [1.165, 1.54) is 0 Å². The van der Waals surface area contributed by atoms with E-state index in [0.29, 0.717) is 59.8 Å². The highest BCUT2D eigenvalue weighted by molar-refractivity contribution is 6.31. The van der Waals surface area contributed by atoms with Gasteiger partial charge >= 0.3 is 0 Å². The number of benzene rings is 2. The Kier molecular flexibility index (Phi) is 6.44. The van der Waals surface area contributed by atoms with Crippen molar-refractivity contribution in [1.82, 2.24) is 10.2 Å². The summed E-state index contributed by atoms with van der Waals surface area (Å²) >= 11 is 6.19. The Hall–Kier alpha value is -2.63. The first-order valence-corrected chi connectivity index (χ1v) is 11.1. The normalized spacial score (nSPS) is 16.0. The van der Waals surface area contributed by atoms with Crippen molar-refractivity contribution in [2.45, 2.75) is 32.7 Å². The van der Waals surface area contributed by atoms with Crippen molar-refractivity contribution in [3.05, 3.63) is 80.7 Å². The molecule has 1 amide bonds. The number of hydrogen-bond donors (Lipinski definition) is 1. The van der Waals surface area contributed by atoms with Crippen LogP contribution in [0, 0.1) is 5.92 Å². The van der Waals surface area contributed by atoms with Crippen LogP contribution in [-0.4, -0.2) is 30.4 Å². The first kappa shape index (κ1) is 21.6. The van der Waals surface area contributed by atoms with Crippen LogP contribution < -0.4 is 10.7 Å². The average Bonchev–Trinajstić information content (AvgIpc) is 2.96. The van der Waals surface area contributed by atoms with Crippen LogP contribution in [0.4, 0.5) is 0 Å². The Balaban J connectivity index is 1.93. The van der Waals surface area contributed by atoms with Gasteiger partial charge in [-0.15, -0.1) is 0 Å². The first-order valence-electron chi connectivity index (χ1n) is 10.7. The number of nitrogens with zero attached hydrogens (tertiary/aromatic N) is 1. The summed E-state index contributed by atoms with van der Waals surface area (Å²) < 4.78 is 6.39. The van der Waals surface area contributed by atoms with Crippen LogP contribution in [-0.2, 0) is 11.2 Å².